The maximum atomic E-state index is 13.2. The lowest BCUT2D eigenvalue weighted by atomic mass is 10.0. The lowest BCUT2D eigenvalue weighted by molar-refractivity contribution is -0.140. The number of aromatic nitrogens is 1. The van der Waals surface area contributed by atoms with Crippen molar-refractivity contribution >= 4 is 28.8 Å². The van der Waals surface area contributed by atoms with Crippen LogP contribution < -0.4 is 0 Å². The van der Waals surface area contributed by atoms with E-state index in [1.165, 1.54) is 22.5 Å². The number of ether oxygens (including phenoxy) is 1. The first kappa shape index (κ1) is 23.5. The molecule has 0 aliphatic carbocycles. The fourth-order valence-electron chi connectivity index (χ4n) is 4.59. The molecule has 0 bridgehead atoms. The first-order valence-electron chi connectivity index (χ1n) is 11.7. The minimum absolute atomic E-state index is 0.0179. The molecule has 0 saturated carbocycles. The van der Waals surface area contributed by atoms with Crippen LogP contribution in [0.1, 0.15) is 28.8 Å². The van der Waals surface area contributed by atoms with E-state index in [4.69, 9.17) is 9.15 Å². The largest absolute Gasteiger partial charge is 0.505 e. The Bertz CT molecular complexity index is 1230. The van der Waals surface area contributed by atoms with Gasteiger partial charge in [-0.1, -0.05) is 30.3 Å². The quantitative estimate of drug-likeness (QED) is 0.303. The van der Waals surface area contributed by atoms with Crippen molar-refractivity contribution < 1.29 is 23.8 Å². The highest BCUT2D eigenvalue weighted by atomic mass is 32.1. The molecule has 2 saturated heterocycles. The number of amides is 1. The Kier molecular flexibility index (Phi) is 6.81. The number of rotatable bonds is 7. The van der Waals surface area contributed by atoms with Crippen molar-refractivity contribution in [3.8, 4) is 10.6 Å². The molecule has 8 nitrogen and oxygen atoms in total. The fourth-order valence-corrected chi connectivity index (χ4v) is 5.51. The lowest BCUT2D eigenvalue weighted by Crippen LogP contribution is -2.38. The SMILES string of the molecule is Cc1sc(-c2ccccc2)nc1C(O)=C1C(=O)C(=O)N(CCCN2CCOCC2)[C@H]1c1ccco1. The van der Waals surface area contributed by atoms with Crippen molar-refractivity contribution in [1.29, 1.82) is 0 Å². The third kappa shape index (κ3) is 4.67. The number of hydrogen-bond acceptors (Lipinski definition) is 8. The van der Waals surface area contributed by atoms with Crippen LogP contribution >= 0.6 is 11.3 Å². The number of Topliss-reactive ketones (excluding diaryl/α,β-unsaturated/α-hetero) is 1. The van der Waals surface area contributed by atoms with Gasteiger partial charge in [-0.3, -0.25) is 14.5 Å². The molecule has 35 heavy (non-hydrogen) atoms. The zero-order valence-corrected chi connectivity index (χ0v) is 20.3. The number of benzene rings is 1. The molecule has 1 aromatic carbocycles. The van der Waals surface area contributed by atoms with Crippen molar-refractivity contribution in [3.05, 3.63) is 70.6 Å². The summed E-state index contributed by atoms with van der Waals surface area (Å²) in [6, 6.07) is 12.3. The molecule has 2 aromatic heterocycles. The summed E-state index contributed by atoms with van der Waals surface area (Å²) in [5.74, 6) is -1.18. The van der Waals surface area contributed by atoms with Crippen LogP contribution in [-0.2, 0) is 14.3 Å². The normalized spacial score (nSPS) is 20.6. The zero-order valence-electron chi connectivity index (χ0n) is 19.5. The maximum Gasteiger partial charge on any atom is 0.295 e. The second-order valence-electron chi connectivity index (χ2n) is 8.61. The number of carbonyl (C=O) groups is 2. The van der Waals surface area contributed by atoms with Crippen LogP contribution in [0.3, 0.4) is 0 Å². The third-order valence-electron chi connectivity index (χ3n) is 6.37. The molecule has 1 atom stereocenters. The monoisotopic (exact) mass is 493 g/mol. The number of morpholine rings is 1. The van der Waals surface area contributed by atoms with E-state index in [2.05, 4.69) is 9.88 Å². The predicted molar refractivity (Wildman–Crippen MR) is 132 cm³/mol. The van der Waals surface area contributed by atoms with E-state index in [-0.39, 0.29) is 11.3 Å². The molecular weight excluding hydrogens is 466 g/mol. The summed E-state index contributed by atoms with van der Waals surface area (Å²) in [6.07, 6.45) is 2.20. The van der Waals surface area contributed by atoms with Gasteiger partial charge < -0.3 is 19.2 Å². The summed E-state index contributed by atoms with van der Waals surface area (Å²) >= 11 is 1.43. The van der Waals surface area contributed by atoms with Crippen molar-refractivity contribution in [2.75, 3.05) is 39.4 Å². The van der Waals surface area contributed by atoms with Gasteiger partial charge in [0.15, 0.2) is 5.76 Å². The minimum atomic E-state index is -0.795. The molecule has 1 N–H and O–H groups in total. The van der Waals surface area contributed by atoms with Crippen LogP contribution in [0.15, 0.2) is 58.7 Å². The van der Waals surface area contributed by atoms with Gasteiger partial charge in [-0.05, 0) is 25.5 Å². The number of hydrogen-bond donors (Lipinski definition) is 1. The standard InChI is InChI=1S/C26H27N3O5S/c1-17-21(27-25(35-17)18-7-3-2-4-8-18)23(30)20-22(19-9-5-14-34-19)29(26(32)24(20)31)11-6-10-28-12-15-33-16-13-28/h2-5,7-9,14,22,30H,6,10-13,15-16H2,1H3/t22-/m0/s1. The summed E-state index contributed by atoms with van der Waals surface area (Å²) < 4.78 is 11.0. The Morgan fingerprint density at radius 2 is 1.89 bits per heavy atom. The summed E-state index contributed by atoms with van der Waals surface area (Å²) in [4.78, 5) is 35.5. The Morgan fingerprint density at radius 3 is 2.60 bits per heavy atom. The second kappa shape index (κ2) is 10.2. The Hall–Kier alpha value is -3.27. The Balaban J connectivity index is 1.47. The zero-order chi connectivity index (χ0) is 24.4. The van der Waals surface area contributed by atoms with Gasteiger partial charge in [-0.25, -0.2) is 4.98 Å². The van der Waals surface area contributed by atoms with Crippen molar-refractivity contribution in [2.45, 2.75) is 19.4 Å². The van der Waals surface area contributed by atoms with E-state index in [9.17, 15) is 14.7 Å². The number of furan rings is 1. The fraction of sp³-hybridized carbons (Fsp3) is 0.346. The molecule has 2 fully saturated rings. The molecule has 182 valence electrons. The molecule has 0 radical (unpaired) electrons. The van der Waals surface area contributed by atoms with Crippen LogP contribution in [0.2, 0.25) is 0 Å². The smallest absolute Gasteiger partial charge is 0.295 e. The predicted octanol–water partition coefficient (Wildman–Crippen LogP) is 3.86. The number of ketones is 1. The molecular formula is C26H27N3O5S. The molecule has 1 amide bonds. The van der Waals surface area contributed by atoms with Gasteiger partial charge in [-0.2, -0.15) is 0 Å². The van der Waals surface area contributed by atoms with E-state index in [0.29, 0.717) is 37.6 Å². The number of thiazole rings is 1. The van der Waals surface area contributed by atoms with Gasteiger partial charge in [0.1, 0.15) is 22.5 Å². The van der Waals surface area contributed by atoms with E-state index < -0.39 is 17.7 Å². The first-order valence-corrected chi connectivity index (χ1v) is 12.5. The number of aliphatic hydroxyl groups is 1. The van der Waals surface area contributed by atoms with Gasteiger partial charge in [0.25, 0.3) is 11.7 Å². The number of carbonyl (C=O) groups excluding carboxylic acids is 2. The van der Waals surface area contributed by atoms with E-state index in [0.717, 1.165) is 35.1 Å². The topological polar surface area (TPSA) is 96.1 Å². The highest BCUT2D eigenvalue weighted by molar-refractivity contribution is 7.15. The van der Waals surface area contributed by atoms with Gasteiger partial charge >= 0.3 is 0 Å². The average molecular weight is 494 g/mol. The van der Waals surface area contributed by atoms with Crippen molar-refractivity contribution in [3.63, 3.8) is 0 Å². The molecule has 3 aromatic rings. The minimum Gasteiger partial charge on any atom is -0.505 e. The van der Waals surface area contributed by atoms with E-state index in [1.807, 2.05) is 37.3 Å². The van der Waals surface area contributed by atoms with Gasteiger partial charge in [0, 0.05) is 36.6 Å². The van der Waals surface area contributed by atoms with Crippen LogP contribution in [0.5, 0.6) is 0 Å². The number of aryl methyl sites for hydroxylation is 1. The Morgan fingerprint density at radius 1 is 1.11 bits per heavy atom. The summed E-state index contributed by atoms with van der Waals surface area (Å²) in [7, 11) is 0. The molecule has 2 aliphatic heterocycles. The summed E-state index contributed by atoms with van der Waals surface area (Å²) in [6.45, 7) is 6.13. The molecule has 5 rings (SSSR count). The van der Waals surface area contributed by atoms with Crippen LogP contribution in [0, 0.1) is 6.92 Å². The summed E-state index contributed by atoms with van der Waals surface area (Å²) in [5, 5.41) is 12.1. The molecule has 4 heterocycles. The van der Waals surface area contributed by atoms with Gasteiger partial charge in [-0.15, -0.1) is 11.3 Å². The second-order valence-corrected chi connectivity index (χ2v) is 9.81. The average Bonchev–Trinajstić information content (AvgIpc) is 3.60. The van der Waals surface area contributed by atoms with E-state index in [1.54, 1.807) is 12.1 Å². The van der Waals surface area contributed by atoms with Gasteiger partial charge in [0.05, 0.1) is 25.1 Å². The first-order chi connectivity index (χ1) is 17.0. The molecule has 2 aliphatic rings. The lowest BCUT2D eigenvalue weighted by Gasteiger charge is -2.28. The van der Waals surface area contributed by atoms with Crippen LogP contribution in [0.25, 0.3) is 16.3 Å². The highest BCUT2D eigenvalue weighted by Crippen LogP contribution is 2.41. The number of nitrogens with zero attached hydrogens (tertiary/aromatic N) is 3. The highest BCUT2D eigenvalue weighted by Gasteiger charge is 2.47. The van der Waals surface area contributed by atoms with Crippen molar-refractivity contribution in [2.24, 2.45) is 0 Å². The maximum absolute atomic E-state index is 13.2. The molecule has 9 heteroatoms. The van der Waals surface area contributed by atoms with E-state index >= 15 is 0 Å². The molecule has 0 spiro atoms. The van der Waals surface area contributed by atoms with Gasteiger partial charge in [0.2, 0.25) is 0 Å². The Labute approximate surface area is 207 Å². The number of likely N-dealkylation sites (tertiary alicyclic amines) is 1. The molecule has 0 unspecified atom stereocenters. The van der Waals surface area contributed by atoms with Crippen LogP contribution in [-0.4, -0.2) is 71.0 Å². The van der Waals surface area contributed by atoms with Crippen LogP contribution in [0.4, 0.5) is 0 Å². The third-order valence-corrected chi connectivity index (χ3v) is 7.39. The summed E-state index contributed by atoms with van der Waals surface area (Å²) in [5.41, 5.74) is 1.26. The number of aliphatic hydroxyl groups excluding tert-OH is 1. The van der Waals surface area contributed by atoms with Crippen molar-refractivity contribution in [1.82, 2.24) is 14.8 Å².